The lowest BCUT2D eigenvalue weighted by Gasteiger charge is -2.17. The van der Waals surface area contributed by atoms with Gasteiger partial charge in [-0.2, -0.15) is 4.98 Å². The molecule has 1 aliphatic carbocycles. The first-order chi connectivity index (χ1) is 14.7. The quantitative estimate of drug-likeness (QED) is 0.479. The SMILES string of the molecule is COc1cc(Nc2nc3c(o2)C(c2cccc(NO)c2)CC=C3)cc(OC)c1OC. The minimum Gasteiger partial charge on any atom is -0.493 e. The Labute approximate surface area is 174 Å². The van der Waals surface area contributed by atoms with Crippen molar-refractivity contribution in [1.29, 1.82) is 0 Å². The van der Waals surface area contributed by atoms with Gasteiger partial charge >= 0.3 is 0 Å². The number of rotatable bonds is 7. The number of ether oxygens (including phenoxy) is 3. The average Bonchev–Trinajstić information content (AvgIpc) is 3.20. The molecule has 3 N–H and O–H groups in total. The summed E-state index contributed by atoms with van der Waals surface area (Å²) in [4.78, 5) is 4.58. The van der Waals surface area contributed by atoms with E-state index in [1.165, 1.54) is 0 Å². The molecule has 2 aromatic carbocycles. The van der Waals surface area contributed by atoms with E-state index in [1.54, 1.807) is 39.5 Å². The molecule has 0 spiro atoms. The Balaban J connectivity index is 1.66. The first kappa shape index (κ1) is 19.7. The number of fused-ring (bicyclic) bond motifs is 1. The van der Waals surface area contributed by atoms with Crippen molar-refractivity contribution in [2.45, 2.75) is 12.3 Å². The standard InChI is InChI=1S/C22H23N3O5/c1-27-18-11-15(12-19(28-2)21(18)29-3)23-22-24-17-9-5-8-16(20(17)30-22)13-6-4-7-14(10-13)25-26/h4-7,9-12,16,25-26H,8H2,1-3H3,(H,23,24). The highest BCUT2D eigenvalue weighted by Crippen LogP contribution is 2.42. The van der Waals surface area contributed by atoms with Crippen molar-refractivity contribution in [3.8, 4) is 17.2 Å². The summed E-state index contributed by atoms with van der Waals surface area (Å²) in [6.07, 6.45) is 4.79. The molecule has 30 heavy (non-hydrogen) atoms. The van der Waals surface area contributed by atoms with Crippen molar-refractivity contribution in [3.63, 3.8) is 0 Å². The number of aromatic nitrogens is 1. The van der Waals surface area contributed by atoms with Crippen LogP contribution in [0.1, 0.15) is 29.4 Å². The number of allylic oxidation sites excluding steroid dienone is 1. The van der Waals surface area contributed by atoms with Crippen LogP contribution in [0.5, 0.6) is 17.2 Å². The van der Waals surface area contributed by atoms with Crippen molar-refractivity contribution in [1.82, 2.24) is 4.98 Å². The van der Waals surface area contributed by atoms with E-state index in [2.05, 4.69) is 21.9 Å². The number of hydrogen-bond acceptors (Lipinski definition) is 8. The smallest absolute Gasteiger partial charge is 0.299 e. The van der Waals surface area contributed by atoms with Gasteiger partial charge in [0, 0.05) is 23.7 Å². The summed E-state index contributed by atoms with van der Waals surface area (Å²) in [7, 11) is 4.69. The summed E-state index contributed by atoms with van der Waals surface area (Å²) in [5, 5.41) is 12.4. The van der Waals surface area contributed by atoms with Crippen molar-refractivity contribution in [3.05, 3.63) is 59.5 Å². The van der Waals surface area contributed by atoms with Crippen molar-refractivity contribution < 1.29 is 23.8 Å². The molecule has 0 radical (unpaired) electrons. The highest BCUT2D eigenvalue weighted by molar-refractivity contribution is 5.66. The maximum absolute atomic E-state index is 9.21. The maximum atomic E-state index is 9.21. The maximum Gasteiger partial charge on any atom is 0.299 e. The van der Waals surface area contributed by atoms with Crippen molar-refractivity contribution >= 4 is 23.5 Å². The summed E-state index contributed by atoms with van der Waals surface area (Å²) in [5.74, 6) is 2.34. The van der Waals surface area contributed by atoms with Crippen LogP contribution in [0.3, 0.4) is 0 Å². The summed E-state index contributed by atoms with van der Waals surface area (Å²) >= 11 is 0. The number of anilines is 3. The molecular weight excluding hydrogens is 386 g/mol. The minimum absolute atomic E-state index is 0.00119. The molecule has 0 amide bonds. The van der Waals surface area contributed by atoms with E-state index in [9.17, 15) is 5.21 Å². The predicted octanol–water partition coefficient (Wildman–Crippen LogP) is 4.79. The Bertz CT molecular complexity index is 1050. The molecular formula is C22H23N3O5. The Hall–Kier alpha value is -3.65. The van der Waals surface area contributed by atoms with Gasteiger partial charge in [-0.1, -0.05) is 18.2 Å². The molecule has 0 fully saturated rings. The number of oxazole rings is 1. The molecule has 3 aromatic rings. The van der Waals surface area contributed by atoms with E-state index >= 15 is 0 Å². The number of benzene rings is 2. The van der Waals surface area contributed by atoms with Crippen molar-refractivity contribution in [2.75, 3.05) is 32.1 Å². The molecule has 1 atom stereocenters. The highest BCUT2D eigenvalue weighted by atomic mass is 16.5. The molecule has 1 unspecified atom stereocenters. The van der Waals surface area contributed by atoms with Crippen LogP contribution in [-0.4, -0.2) is 31.5 Å². The normalized spacial score (nSPS) is 14.7. The van der Waals surface area contributed by atoms with Crippen LogP contribution in [0.2, 0.25) is 0 Å². The molecule has 4 rings (SSSR count). The zero-order valence-electron chi connectivity index (χ0n) is 16.9. The van der Waals surface area contributed by atoms with Gasteiger partial charge in [0.1, 0.15) is 11.5 Å². The van der Waals surface area contributed by atoms with Gasteiger partial charge in [0.2, 0.25) is 5.75 Å². The van der Waals surface area contributed by atoms with Gasteiger partial charge < -0.3 is 23.9 Å². The van der Waals surface area contributed by atoms with Gasteiger partial charge in [0.15, 0.2) is 11.5 Å². The van der Waals surface area contributed by atoms with Crippen LogP contribution in [0.25, 0.3) is 6.08 Å². The lowest BCUT2D eigenvalue weighted by molar-refractivity contribution is 0.324. The molecule has 1 aromatic heterocycles. The number of nitrogens with one attached hydrogen (secondary N) is 2. The fraction of sp³-hybridized carbons (Fsp3) is 0.227. The van der Waals surface area contributed by atoms with Crippen LogP contribution in [0.4, 0.5) is 17.4 Å². The summed E-state index contributed by atoms with van der Waals surface area (Å²) in [5.41, 5.74) is 5.29. The van der Waals surface area contributed by atoms with E-state index in [4.69, 9.17) is 18.6 Å². The van der Waals surface area contributed by atoms with E-state index in [0.717, 1.165) is 23.4 Å². The molecule has 156 valence electrons. The highest BCUT2D eigenvalue weighted by Gasteiger charge is 2.26. The lowest BCUT2D eigenvalue weighted by Crippen LogP contribution is -2.04. The zero-order valence-corrected chi connectivity index (χ0v) is 16.9. The molecule has 8 nitrogen and oxygen atoms in total. The Morgan fingerprint density at radius 2 is 1.80 bits per heavy atom. The van der Waals surface area contributed by atoms with Gasteiger partial charge in [-0.3, -0.25) is 10.7 Å². The molecule has 8 heteroatoms. The van der Waals surface area contributed by atoms with E-state index in [-0.39, 0.29) is 5.92 Å². The number of methoxy groups -OCH3 is 3. The summed E-state index contributed by atoms with van der Waals surface area (Å²) in [6.45, 7) is 0. The monoisotopic (exact) mass is 409 g/mol. The molecule has 0 aliphatic heterocycles. The fourth-order valence-electron chi connectivity index (χ4n) is 3.58. The Morgan fingerprint density at radius 3 is 2.47 bits per heavy atom. The molecule has 0 saturated carbocycles. The third-order valence-electron chi connectivity index (χ3n) is 4.98. The fourth-order valence-corrected chi connectivity index (χ4v) is 3.58. The van der Waals surface area contributed by atoms with Crippen LogP contribution >= 0.6 is 0 Å². The second-order valence-electron chi connectivity index (χ2n) is 6.74. The van der Waals surface area contributed by atoms with Gasteiger partial charge in [-0.25, -0.2) is 0 Å². The number of hydrogen-bond donors (Lipinski definition) is 3. The molecule has 0 bridgehead atoms. The van der Waals surface area contributed by atoms with Crippen LogP contribution in [-0.2, 0) is 0 Å². The van der Waals surface area contributed by atoms with Crippen LogP contribution in [0, 0.1) is 0 Å². The minimum atomic E-state index is 0.00119. The second-order valence-corrected chi connectivity index (χ2v) is 6.74. The molecule has 1 heterocycles. The van der Waals surface area contributed by atoms with Gasteiger partial charge in [-0.05, 0) is 30.2 Å². The Morgan fingerprint density at radius 1 is 1.03 bits per heavy atom. The summed E-state index contributed by atoms with van der Waals surface area (Å²) in [6, 6.07) is 11.5. The zero-order chi connectivity index (χ0) is 21.1. The van der Waals surface area contributed by atoms with E-state index in [0.29, 0.717) is 34.6 Å². The first-order valence-corrected chi connectivity index (χ1v) is 9.41. The third kappa shape index (κ3) is 3.65. The number of nitrogens with zero attached hydrogens (tertiary/aromatic N) is 1. The van der Waals surface area contributed by atoms with E-state index < -0.39 is 0 Å². The summed E-state index contributed by atoms with van der Waals surface area (Å²) < 4.78 is 22.3. The van der Waals surface area contributed by atoms with Crippen LogP contribution < -0.4 is 25.0 Å². The molecule has 1 aliphatic rings. The van der Waals surface area contributed by atoms with Crippen LogP contribution in [0.15, 0.2) is 46.9 Å². The van der Waals surface area contributed by atoms with E-state index in [1.807, 2.05) is 24.3 Å². The van der Waals surface area contributed by atoms with Crippen molar-refractivity contribution in [2.24, 2.45) is 0 Å². The van der Waals surface area contributed by atoms with Gasteiger partial charge in [0.25, 0.3) is 6.01 Å². The average molecular weight is 409 g/mol. The topological polar surface area (TPSA) is 98.0 Å². The second kappa shape index (κ2) is 8.38. The Kier molecular flexibility index (Phi) is 5.49. The van der Waals surface area contributed by atoms with Gasteiger partial charge in [0.05, 0.1) is 27.0 Å². The largest absolute Gasteiger partial charge is 0.493 e. The lowest BCUT2D eigenvalue weighted by atomic mass is 9.89. The third-order valence-corrected chi connectivity index (χ3v) is 4.98. The first-order valence-electron chi connectivity index (χ1n) is 9.41. The van der Waals surface area contributed by atoms with Gasteiger partial charge in [-0.15, -0.1) is 0 Å². The molecule has 0 saturated heterocycles. The predicted molar refractivity (Wildman–Crippen MR) is 113 cm³/mol.